The number of allylic oxidation sites excluding steroid dienone is 5. The molecule has 0 bridgehead atoms. The lowest BCUT2D eigenvalue weighted by atomic mass is 10.1. The van der Waals surface area contributed by atoms with Crippen molar-refractivity contribution in [2.45, 2.75) is 27.2 Å². The highest BCUT2D eigenvalue weighted by molar-refractivity contribution is 5.94. The third kappa shape index (κ3) is 4.31. The molecule has 0 aliphatic heterocycles. The van der Waals surface area contributed by atoms with Crippen LogP contribution >= 0.6 is 0 Å². The van der Waals surface area contributed by atoms with Gasteiger partial charge in [0.05, 0.1) is 0 Å². The summed E-state index contributed by atoms with van der Waals surface area (Å²) < 4.78 is 0. The smallest absolute Gasteiger partial charge is 0.156 e. The SMILES string of the molecule is CC.CC(=O)C1=CC=CC=C(N)C1. The Labute approximate surface area is 79.8 Å². The lowest BCUT2D eigenvalue weighted by Gasteiger charge is -1.99. The molecule has 0 spiro atoms. The number of hydrogen-bond acceptors (Lipinski definition) is 2. The molecule has 1 rings (SSSR count). The van der Waals surface area contributed by atoms with E-state index >= 15 is 0 Å². The molecule has 0 atom stereocenters. The molecule has 0 heterocycles. The zero-order valence-electron chi connectivity index (χ0n) is 8.50. The van der Waals surface area contributed by atoms with Gasteiger partial charge in [-0.15, -0.1) is 0 Å². The van der Waals surface area contributed by atoms with Crippen LogP contribution < -0.4 is 5.73 Å². The standard InChI is InChI=1S/C9H11NO.C2H6/c1-7(11)8-4-2-3-5-9(10)6-8;1-2/h2-5H,6,10H2,1H3;1-2H3. The first kappa shape index (κ1) is 11.7. The van der Waals surface area contributed by atoms with Crippen molar-refractivity contribution in [1.29, 1.82) is 0 Å². The molecule has 72 valence electrons. The summed E-state index contributed by atoms with van der Waals surface area (Å²) in [6, 6.07) is 0. The molecule has 0 unspecified atom stereocenters. The van der Waals surface area contributed by atoms with Gasteiger partial charge >= 0.3 is 0 Å². The summed E-state index contributed by atoms with van der Waals surface area (Å²) in [6.07, 6.45) is 7.86. The first-order valence-corrected chi connectivity index (χ1v) is 4.53. The molecule has 2 nitrogen and oxygen atoms in total. The third-order valence-electron chi connectivity index (χ3n) is 1.57. The van der Waals surface area contributed by atoms with Crippen molar-refractivity contribution in [3.8, 4) is 0 Å². The van der Waals surface area contributed by atoms with Crippen molar-refractivity contribution >= 4 is 5.78 Å². The molecular weight excluding hydrogens is 162 g/mol. The molecule has 2 heteroatoms. The van der Waals surface area contributed by atoms with Crippen LogP contribution in [0.3, 0.4) is 0 Å². The summed E-state index contributed by atoms with van der Waals surface area (Å²) in [7, 11) is 0. The predicted octanol–water partition coefficient (Wildman–Crippen LogP) is 2.33. The van der Waals surface area contributed by atoms with Gasteiger partial charge < -0.3 is 5.73 Å². The highest BCUT2D eigenvalue weighted by atomic mass is 16.1. The Balaban J connectivity index is 0.000000671. The van der Waals surface area contributed by atoms with Crippen molar-refractivity contribution in [2.75, 3.05) is 0 Å². The summed E-state index contributed by atoms with van der Waals surface area (Å²) in [5.41, 5.74) is 7.09. The molecular formula is C11H17NO. The molecule has 2 N–H and O–H groups in total. The number of Topliss-reactive ketones (excluding diaryl/α,β-unsaturated/α-hetero) is 1. The lowest BCUT2D eigenvalue weighted by molar-refractivity contribution is -0.113. The first-order valence-electron chi connectivity index (χ1n) is 4.53. The quantitative estimate of drug-likeness (QED) is 0.671. The maximum Gasteiger partial charge on any atom is 0.156 e. The van der Waals surface area contributed by atoms with E-state index in [2.05, 4.69) is 0 Å². The van der Waals surface area contributed by atoms with Crippen LogP contribution in [0.2, 0.25) is 0 Å². The van der Waals surface area contributed by atoms with E-state index in [0.29, 0.717) is 6.42 Å². The Morgan fingerprint density at radius 1 is 1.31 bits per heavy atom. The fraction of sp³-hybridized carbons (Fsp3) is 0.364. The third-order valence-corrected chi connectivity index (χ3v) is 1.57. The fourth-order valence-corrected chi connectivity index (χ4v) is 0.930. The van der Waals surface area contributed by atoms with E-state index in [9.17, 15) is 4.79 Å². The van der Waals surface area contributed by atoms with Crippen LogP contribution in [0, 0.1) is 0 Å². The van der Waals surface area contributed by atoms with Gasteiger partial charge in [-0.3, -0.25) is 4.79 Å². The first-order chi connectivity index (χ1) is 6.20. The molecule has 0 amide bonds. The molecule has 0 aromatic heterocycles. The Morgan fingerprint density at radius 2 is 1.85 bits per heavy atom. The van der Waals surface area contributed by atoms with Gasteiger partial charge in [0.25, 0.3) is 0 Å². The van der Waals surface area contributed by atoms with Gasteiger partial charge in [-0.1, -0.05) is 32.1 Å². The fourth-order valence-electron chi connectivity index (χ4n) is 0.930. The summed E-state index contributed by atoms with van der Waals surface area (Å²) >= 11 is 0. The van der Waals surface area contributed by atoms with Crippen molar-refractivity contribution in [1.82, 2.24) is 0 Å². The minimum absolute atomic E-state index is 0.0906. The van der Waals surface area contributed by atoms with Crippen LogP contribution in [0.25, 0.3) is 0 Å². The van der Waals surface area contributed by atoms with E-state index in [4.69, 9.17) is 5.73 Å². The predicted molar refractivity (Wildman–Crippen MR) is 56.1 cm³/mol. The minimum Gasteiger partial charge on any atom is -0.402 e. The molecule has 0 aromatic rings. The van der Waals surface area contributed by atoms with Gasteiger partial charge in [0.2, 0.25) is 0 Å². The van der Waals surface area contributed by atoms with Crippen LogP contribution in [0.4, 0.5) is 0 Å². The molecule has 0 fully saturated rings. The monoisotopic (exact) mass is 179 g/mol. The van der Waals surface area contributed by atoms with Crippen molar-refractivity contribution in [3.05, 3.63) is 35.6 Å². The average Bonchev–Trinajstić information content (AvgIpc) is 2.33. The largest absolute Gasteiger partial charge is 0.402 e. The Bertz CT molecular complexity index is 259. The van der Waals surface area contributed by atoms with E-state index in [1.54, 1.807) is 13.0 Å². The van der Waals surface area contributed by atoms with Crippen molar-refractivity contribution in [3.63, 3.8) is 0 Å². The van der Waals surface area contributed by atoms with E-state index in [1.807, 2.05) is 32.1 Å². The van der Waals surface area contributed by atoms with E-state index < -0.39 is 0 Å². The van der Waals surface area contributed by atoms with Crippen LogP contribution in [-0.4, -0.2) is 5.78 Å². The lowest BCUT2D eigenvalue weighted by Crippen LogP contribution is -2.02. The molecule has 0 saturated heterocycles. The van der Waals surface area contributed by atoms with Crippen LogP contribution in [0.15, 0.2) is 35.6 Å². The van der Waals surface area contributed by atoms with Gasteiger partial charge in [0, 0.05) is 17.7 Å². The highest BCUT2D eigenvalue weighted by Crippen LogP contribution is 2.11. The molecule has 0 saturated carbocycles. The zero-order valence-corrected chi connectivity index (χ0v) is 8.50. The van der Waals surface area contributed by atoms with Crippen LogP contribution in [0.5, 0.6) is 0 Å². The molecule has 0 aromatic carbocycles. The van der Waals surface area contributed by atoms with Gasteiger partial charge in [-0.05, 0) is 13.0 Å². The molecule has 0 radical (unpaired) electrons. The van der Waals surface area contributed by atoms with Crippen LogP contribution in [0.1, 0.15) is 27.2 Å². The topological polar surface area (TPSA) is 43.1 Å². The number of rotatable bonds is 1. The Hall–Kier alpha value is -1.31. The second-order valence-corrected chi connectivity index (χ2v) is 2.55. The number of ketones is 1. The summed E-state index contributed by atoms with van der Waals surface area (Å²) in [5, 5.41) is 0. The van der Waals surface area contributed by atoms with Gasteiger partial charge in [-0.25, -0.2) is 0 Å². The van der Waals surface area contributed by atoms with Crippen molar-refractivity contribution in [2.24, 2.45) is 5.73 Å². The van der Waals surface area contributed by atoms with Crippen molar-refractivity contribution < 1.29 is 4.79 Å². The highest BCUT2D eigenvalue weighted by Gasteiger charge is 2.04. The number of carbonyl (C=O) groups excluding carboxylic acids is 1. The van der Waals surface area contributed by atoms with E-state index in [1.165, 1.54) is 0 Å². The number of carbonyl (C=O) groups is 1. The second-order valence-electron chi connectivity index (χ2n) is 2.55. The van der Waals surface area contributed by atoms with Crippen LogP contribution in [-0.2, 0) is 4.79 Å². The second kappa shape index (κ2) is 6.23. The maximum absolute atomic E-state index is 10.9. The van der Waals surface area contributed by atoms with E-state index in [-0.39, 0.29) is 5.78 Å². The summed E-state index contributed by atoms with van der Waals surface area (Å²) in [6.45, 7) is 5.55. The summed E-state index contributed by atoms with van der Waals surface area (Å²) in [5.74, 6) is 0.0906. The minimum atomic E-state index is 0.0906. The molecule has 13 heavy (non-hydrogen) atoms. The van der Waals surface area contributed by atoms with E-state index in [0.717, 1.165) is 11.3 Å². The maximum atomic E-state index is 10.9. The van der Waals surface area contributed by atoms with Gasteiger partial charge in [0.1, 0.15) is 0 Å². The summed E-state index contributed by atoms with van der Waals surface area (Å²) in [4.78, 5) is 10.9. The zero-order chi connectivity index (χ0) is 10.3. The Kier molecular flexibility index (Phi) is 5.60. The normalized spacial score (nSPS) is 14.7. The number of nitrogens with two attached hydrogens (primary N) is 1. The molecule has 1 aliphatic rings. The Morgan fingerprint density at radius 3 is 2.38 bits per heavy atom. The number of hydrogen-bond donors (Lipinski definition) is 1. The van der Waals surface area contributed by atoms with Gasteiger partial charge in [0.15, 0.2) is 5.78 Å². The molecule has 1 aliphatic carbocycles. The van der Waals surface area contributed by atoms with Gasteiger partial charge in [-0.2, -0.15) is 0 Å². The average molecular weight is 179 g/mol.